The highest BCUT2D eigenvalue weighted by Crippen LogP contribution is 2.33. The monoisotopic (exact) mass is 385 g/mol. The van der Waals surface area contributed by atoms with Crippen LogP contribution in [0.3, 0.4) is 0 Å². The summed E-state index contributed by atoms with van der Waals surface area (Å²) in [5.41, 5.74) is 2.61. The Balaban J connectivity index is 1.89. The molecule has 1 aromatic carbocycles. The first-order valence-electron chi connectivity index (χ1n) is 8.90. The highest BCUT2D eigenvalue weighted by atomic mass is 16.5. The van der Waals surface area contributed by atoms with Crippen molar-refractivity contribution in [3.05, 3.63) is 46.8 Å². The van der Waals surface area contributed by atoms with Gasteiger partial charge in [-0.2, -0.15) is 0 Å². The summed E-state index contributed by atoms with van der Waals surface area (Å²) in [6.45, 7) is 3.71. The Morgan fingerprint density at radius 1 is 1.29 bits per heavy atom. The van der Waals surface area contributed by atoms with Gasteiger partial charge in [0.2, 0.25) is 0 Å². The molecule has 0 radical (unpaired) electrons. The number of ketones is 1. The summed E-state index contributed by atoms with van der Waals surface area (Å²) in [5.74, 6) is -0.388. The first-order chi connectivity index (χ1) is 13.4. The number of esters is 1. The smallest absolute Gasteiger partial charge is 0.339 e. The fraction of sp³-hybridized carbons (Fsp3) is 0.350. The van der Waals surface area contributed by atoms with Crippen molar-refractivity contribution in [2.45, 2.75) is 20.0 Å². The molecular weight excluding hydrogens is 362 g/mol. The Morgan fingerprint density at radius 2 is 2.00 bits per heavy atom. The van der Waals surface area contributed by atoms with Gasteiger partial charge in [-0.1, -0.05) is 12.1 Å². The second kappa shape index (κ2) is 7.75. The summed E-state index contributed by atoms with van der Waals surface area (Å²) in [6, 6.07) is 7.27. The normalized spacial score (nSPS) is 15.4. The van der Waals surface area contributed by atoms with Gasteiger partial charge in [0, 0.05) is 12.7 Å². The lowest BCUT2D eigenvalue weighted by molar-refractivity contribution is -0.127. The molecule has 28 heavy (non-hydrogen) atoms. The van der Waals surface area contributed by atoms with E-state index >= 15 is 0 Å². The highest BCUT2D eigenvalue weighted by Gasteiger charge is 2.32. The van der Waals surface area contributed by atoms with Crippen molar-refractivity contribution in [1.29, 1.82) is 0 Å². The molecule has 0 bridgehead atoms. The molecule has 1 amide bonds. The number of aryl methyl sites for hydroxylation is 1. The van der Waals surface area contributed by atoms with Gasteiger partial charge < -0.3 is 24.7 Å². The van der Waals surface area contributed by atoms with Crippen molar-refractivity contribution >= 4 is 23.3 Å². The van der Waals surface area contributed by atoms with Gasteiger partial charge in [0.15, 0.2) is 11.9 Å². The summed E-state index contributed by atoms with van der Waals surface area (Å²) in [4.78, 5) is 41.9. The number of fused-ring (bicyclic) bond motifs is 1. The first kappa shape index (κ1) is 19.5. The lowest BCUT2D eigenvalue weighted by Gasteiger charge is -2.35. The number of para-hydroxylation sites is 2. The summed E-state index contributed by atoms with van der Waals surface area (Å²) in [5, 5.41) is 2.58. The van der Waals surface area contributed by atoms with Crippen LogP contribution in [0, 0.1) is 13.8 Å². The first-order valence-corrected chi connectivity index (χ1v) is 8.90. The van der Waals surface area contributed by atoms with Crippen LogP contribution in [0.15, 0.2) is 24.3 Å². The molecule has 1 aliphatic heterocycles. The number of nitrogens with zero attached hydrogens (tertiary/aromatic N) is 1. The van der Waals surface area contributed by atoms with E-state index in [2.05, 4.69) is 10.3 Å². The Morgan fingerprint density at radius 3 is 2.68 bits per heavy atom. The van der Waals surface area contributed by atoms with E-state index in [1.807, 2.05) is 23.1 Å². The number of anilines is 1. The quantitative estimate of drug-likeness (QED) is 0.599. The largest absolute Gasteiger partial charge is 0.477 e. The Bertz CT molecular complexity index is 934. The van der Waals surface area contributed by atoms with E-state index in [-0.39, 0.29) is 24.8 Å². The highest BCUT2D eigenvalue weighted by molar-refractivity contribution is 6.03. The van der Waals surface area contributed by atoms with E-state index in [4.69, 9.17) is 9.47 Å². The molecule has 3 rings (SSSR count). The molecule has 2 aromatic rings. The van der Waals surface area contributed by atoms with Crippen molar-refractivity contribution in [3.63, 3.8) is 0 Å². The molecule has 2 N–H and O–H groups in total. The summed E-state index contributed by atoms with van der Waals surface area (Å²) in [7, 11) is 2.85. The number of hydrogen-bond donors (Lipinski definition) is 2. The number of hydrogen-bond acceptors (Lipinski definition) is 6. The van der Waals surface area contributed by atoms with E-state index in [1.54, 1.807) is 27.0 Å². The third kappa shape index (κ3) is 3.45. The molecule has 0 fully saturated rings. The third-order valence-corrected chi connectivity index (χ3v) is 4.84. The second-order valence-electron chi connectivity index (χ2n) is 6.61. The van der Waals surface area contributed by atoms with Gasteiger partial charge in [-0.15, -0.1) is 0 Å². The fourth-order valence-corrected chi connectivity index (χ4v) is 3.44. The Labute approximate surface area is 162 Å². The Kier molecular flexibility index (Phi) is 5.39. The summed E-state index contributed by atoms with van der Waals surface area (Å²) < 4.78 is 10.6. The zero-order valence-electron chi connectivity index (χ0n) is 16.3. The second-order valence-corrected chi connectivity index (χ2v) is 6.61. The molecule has 1 atom stereocenters. The topological polar surface area (TPSA) is 101 Å². The van der Waals surface area contributed by atoms with E-state index in [0.29, 0.717) is 28.3 Å². The predicted molar refractivity (Wildman–Crippen MR) is 103 cm³/mol. The van der Waals surface area contributed by atoms with Gasteiger partial charge in [0.25, 0.3) is 5.91 Å². The van der Waals surface area contributed by atoms with Crippen LogP contribution in [-0.2, 0) is 9.53 Å². The number of aromatic nitrogens is 1. The Hall–Kier alpha value is -3.29. The molecule has 0 aliphatic carbocycles. The average molecular weight is 385 g/mol. The van der Waals surface area contributed by atoms with Crippen LogP contribution < -0.4 is 15.0 Å². The predicted octanol–water partition coefficient (Wildman–Crippen LogP) is 1.61. The van der Waals surface area contributed by atoms with Crippen molar-refractivity contribution in [2.24, 2.45) is 0 Å². The molecule has 0 saturated carbocycles. The van der Waals surface area contributed by atoms with Gasteiger partial charge in [0.1, 0.15) is 5.75 Å². The van der Waals surface area contributed by atoms with Gasteiger partial charge in [-0.3, -0.25) is 9.59 Å². The third-order valence-electron chi connectivity index (χ3n) is 4.84. The number of rotatable bonds is 5. The molecule has 0 spiro atoms. The van der Waals surface area contributed by atoms with Crippen LogP contribution in [0.2, 0.25) is 0 Å². The van der Waals surface area contributed by atoms with Gasteiger partial charge in [-0.05, 0) is 31.5 Å². The van der Waals surface area contributed by atoms with E-state index in [0.717, 1.165) is 5.69 Å². The molecule has 8 nitrogen and oxygen atoms in total. The number of ether oxygens (including phenoxy) is 2. The summed E-state index contributed by atoms with van der Waals surface area (Å²) >= 11 is 0. The van der Waals surface area contributed by atoms with Crippen LogP contribution in [0.4, 0.5) is 5.69 Å². The number of methoxy groups -OCH3 is 1. The SMILES string of the molecule is CNC(=O)C1CN(CC(=O)c2[nH]c(C)c(C(=O)OC)c2C)c2ccccc2O1. The van der Waals surface area contributed by atoms with E-state index in [1.165, 1.54) is 7.11 Å². The molecule has 148 valence electrons. The molecular formula is C20H23N3O5. The maximum atomic E-state index is 13.0. The zero-order valence-corrected chi connectivity index (χ0v) is 16.3. The lowest BCUT2D eigenvalue weighted by Crippen LogP contribution is -2.49. The number of carbonyl (C=O) groups is 3. The molecule has 1 aliphatic rings. The maximum absolute atomic E-state index is 13.0. The minimum atomic E-state index is -0.718. The minimum Gasteiger partial charge on any atom is -0.477 e. The minimum absolute atomic E-state index is 0.0370. The van der Waals surface area contributed by atoms with Gasteiger partial charge in [0.05, 0.1) is 37.1 Å². The van der Waals surface area contributed by atoms with Crippen LogP contribution >= 0.6 is 0 Å². The number of carbonyl (C=O) groups excluding carboxylic acids is 3. The van der Waals surface area contributed by atoms with Gasteiger partial charge >= 0.3 is 5.97 Å². The molecule has 1 aromatic heterocycles. The maximum Gasteiger partial charge on any atom is 0.339 e. The number of Topliss-reactive ketones (excluding diaryl/α,β-unsaturated/α-hetero) is 1. The van der Waals surface area contributed by atoms with Crippen molar-refractivity contribution < 1.29 is 23.9 Å². The number of aromatic amines is 1. The number of H-pyrrole nitrogens is 1. The van der Waals surface area contributed by atoms with Crippen LogP contribution in [-0.4, -0.2) is 56.0 Å². The number of nitrogens with one attached hydrogen (secondary N) is 2. The van der Waals surface area contributed by atoms with E-state index in [9.17, 15) is 14.4 Å². The van der Waals surface area contributed by atoms with Crippen molar-refractivity contribution in [2.75, 3.05) is 32.1 Å². The van der Waals surface area contributed by atoms with Crippen molar-refractivity contribution in [3.8, 4) is 5.75 Å². The van der Waals surface area contributed by atoms with Crippen LogP contribution in [0.1, 0.15) is 32.1 Å². The van der Waals surface area contributed by atoms with Crippen molar-refractivity contribution in [1.82, 2.24) is 10.3 Å². The molecule has 8 heteroatoms. The molecule has 1 unspecified atom stereocenters. The van der Waals surface area contributed by atoms with Gasteiger partial charge in [-0.25, -0.2) is 4.79 Å². The molecule has 0 saturated heterocycles. The zero-order chi connectivity index (χ0) is 20.4. The van der Waals surface area contributed by atoms with E-state index < -0.39 is 12.1 Å². The summed E-state index contributed by atoms with van der Waals surface area (Å²) in [6.07, 6.45) is -0.718. The average Bonchev–Trinajstić information content (AvgIpc) is 3.00. The fourth-order valence-electron chi connectivity index (χ4n) is 3.44. The van der Waals surface area contributed by atoms with Crippen LogP contribution in [0.25, 0.3) is 0 Å². The molecule has 2 heterocycles. The number of likely N-dealkylation sites (N-methyl/N-ethyl adjacent to an activating group) is 1. The standard InChI is InChI=1S/C20H23N3O5/c1-11-17(20(26)27-4)12(2)22-18(11)14(24)9-23-10-16(19(25)21-3)28-15-8-6-5-7-13(15)23/h5-8,16,22H,9-10H2,1-4H3,(H,21,25). The lowest BCUT2D eigenvalue weighted by atomic mass is 10.1. The van der Waals surface area contributed by atoms with Crippen LogP contribution in [0.5, 0.6) is 5.75 Å². The number of benzene rings is 1. The number of amides is 1.